The van der Waals surface area contributed by atoms with Crippen LogP contribution in [0.4, 0.5) is 0 Å². The van der Waals surface area contributed by atoms with Crippen molar-refractivity contribution in [3.05, 3.63) is 0 Å². The van der Waals surface area contributed by atoms with Gasteiger partial charge in [-0.3, -0.25) is 4.67 Å². The second kappa shape index (κ2) is 3.47. The van der Waals surface area contributed by atoms with Crippen molar-refractivity contribution in [1.82, 2.24) is 4.67 Å². The van der Waals surface area contributed by atoms with Gasteiger partial charge in [-0.15, -0.1) is 0 Å². The van der Waals surface area contributed by atoms with Crippen LogP contribution in [0.3, 0.4) is 0 Å². The Morgan fingerprint density at radius 2 is 2.56 bits per heavy atom. The first-order valence-electron chi connectivity index (χ1n) is 2.96. The highest BCUT2D eigenvalue weighted by Gasteiger charge is 2.17. The maximum Gasteiger partial charge on any atom is 0.136 e. The van der Waals surface area contributed by atoms with Gasteiger partial charge in [0, 0.05) is 13.7 Å². The lowest BCUT2D eigenvalue weighted by atomic mass is 10.5. The lowest BCUT2D eigenvalue weighted by molar-refractivity contribution is -0.0843. The number of methoxy groups -OCH3 is 1. The van der Waals surface area contributed by atoms with Gasteiger partial charge in [0.1, 0.15) is 6.23 Å². The van der Waals surface area contributed by atoms with Crippen LogP contribution < -0.4 is 0 Å². The van der Waals surface area contributed by atoms with Gasteiger partial charge in [-0.2, -0.15) is 0 Å². The van der Waals surface area contributed by atoms with Crippen molar-refractivity contribution < 1.29 is 9.47 Å². The van der Waals surface area contributed by atoms with Crippen molar-refractivity contribution in [3.63, 3.8) is 0 Å². The normalized spacial score (nSPS) is 30.7. The molecule has 3 nitrogen and oxygen atoms in total. The van der Waals surface area contributed by atoms with Crippen molar-refractivity contribution in [1.29, 1.82) is 0 Å². The topological polar surface area (TPSA) is 21.7 Å². The molecule has 1 aliphatic heterocycles. The average Bonchev–Trinajstić information content (AvgIpc) is 1.89. The molecular formula is C5H12NO2P. The number of hydrogen-bond acceptors (Lipinski definition) is 3. The van der Waals surface area contributed by atoms with Crippen LogP contribution in [0.2, 0.25) is 0 Å². The molecule has 1 aliphatic rings. The van der Waals surface area contributed by atoms with Crippen molar-refractivity contribution >= 4 is 9.39 Å². The van der Waals surface area contributed by atoms with Crippen LogP contribution in [0, 0.1) is 0 Å². The molecule has 0 aromatic carbocycles. The molecule has 0 aliphatic carbocycles. The zero-order valence-corrected chi connectivity index (χ0v) is 6.69. The van der Waals surface area contributed by atoms with Gasteiger partial charge in [-0.1, -0.05) is 9.39 Å². The van der Waals surface area contributed by atoms with E-state index in [1.165, 1.54) is 0 Å². The molecule has 4 heteroatoms. The molecule has 1 fully saturated rings. The van der Waals surface area contributed by atoms with E-state index in [1.807, 2.05) is 0 Å². The molecule has 1 heterocycles. The number of ether oxygens (including phenoxy) is 2. The first-order valence-corrected chi connectivity index (χ1v) is 3.48. The fourth-order valence-corrected chi connectivity index (χ4v) is 1.11. The predicted molar refractivity (Wildman–Crippen MR) is 38.0 cm³/mol. The zero-order chi connectivity index (χ0) is 6.69. The van der Waals surface area contributed by atoms with Crippen LogP contribution >= 0.6 is 9.39 Å². The highest BCUT2D eigenvalue weighted by atomic mass is 31.0. The predicted octanol–water partition coefficient (Wildman–Crippen LogP) is 0.0812. The standard InChI is InChI=1S/C5H12NO2P/c1-7-5-4-8-3-2-6(5)9/h5H,2-4,9H2,1H3. The molecule has 0 bridgehead atoms. The fraction of sp³-hybridized carbons (Fsp3) is 1.00. The fourth-order valence-electron chi connectivity index (χ4n) is 0.797. The highest BCUT2D eigenvalue weighted by Crippen LogP contribution is 2.11. The Morgan fingerprint density at radius 1 is 1.78 bits per heavy atom. The molecule has 0 saturated carbocycles. The Bertz CT molecular complexity index is 91.0. The molecule has 2 unspecified atom stereocenters. The molecule has 0 radical (unpaired) electrons. The van der Waals surface area contributed by atoms with Gasteiger partial charge in [0.2, 0.25) is 0 Å². The summed E-state index contributed by atoms with van der Waals surface area (Å²) in [6.07, 6.45) is 0.128. The van der Waals surface area contributed by atoms with E-state index in [-0.39, 0.29) is 6.23 Å². The van der Waals surface area contributed by atoms with Crippen LogP contribution in [0.1, 0.15) is 0 Å². The minimum Gasteiger partial charge on any atom is -0.376 e. The Hall–Kier alpha value is 0.310. The van der Waals surface area contributed by atoms with Gasteiger partial charge in [0.25, 0.3) is 0 Å². The van der Waals surface area contributed by atoms with Gasteiger partial charge < -0.3 is 9.47 Å². The summed E-state index contributed by atoms with van der Waals surface area (Å²) in [5, 5.41) is 0. The summed E-state index contributed by atoms with van der Waals surface area (Å²) in [6, 6.07) is 0. The molecular weight excluding hydrogens is 137 g/mol. The zero-order valence-electron chi connectivity index (χ0n) is 5.54. The van der Waals surface area contributed by atoms with Gasteiger partial charge in [0.15, 0.2) is 0 Å². The van der Waals surface area contributed by atoms with Crippen molar-refractivity contribution in [2.24, 2.45) is 0 Å². The van der Waals surface area contributed by atoms with Crippen LogP contribution in [0.25, 0.3) is 0 Å². The van der Waals surface area contributed by atoms with Crippen LogP contribution in [0.5, 0.6) is 0 Å². The third-order valence-electron chi connectivity index (χ3n) is 1.40. The summed E-state index contributed by atoms with van der Waals surface area (Å²) in [4.78, 5) is 0. The second-order valence-corrected chi connectivity index (χ2v) is 2.67. The van der Waals surface area contributed by atoms with E-state index in [0.717, 1.165) is 13.2 Å². The summed E-state index contributed by atoms with van der Waals surface area (Å²) in [6.45, 7) is 2.42. The summed E-state index contributed by atoms with van der Waals surface area (Å²) >= 11 is 0. The number of nitrogens with zero attached hydrogens (tertiary/aromatic N) is 1. The minimum atomic E-state index is 0.128. The molecule has 0 spiro atoms. The van der Waals surface area contributed by atoms with Crippen molar-refractivity contribution in [2.45, 2.75) is 6.23 Å². The molecule has 0 aromatic heterocycles. The third-order valence-corrected chi connectivity index (χ3v) is 1.99. The first kappa shape index (κ1) is 7.42. The van der Waals surface area contributed by atoms with E-state index in [4.69, 9.17) is 9.47 Å². The monoisotopic (exact) mass is 149 g/mol. The maximum atomic E-state index is 5.16. The number of hydrogen-bond donors (Lipinski definition) is 0. The molecule has 0 amide bonds. The summed E-state index contributed by atoms with van der Waals surface area (Å²) in [5.41, 5.74) is 0. The Kier molecular flexibility index (Phi) is 2.86. The summed E-state index contributed by atoms with van der Waals surface area (Å²) in [7, 11) is 4.31. The lowest BCUT2D eigenvalue weighted by Gasteiger charge is -2.30. The van der Waals surface area contributed by atoms with Gasteiger partial charge in [-0.25, -0.2) is 0 Å². The van der Waals surface area contributed by atoms with E-state index >= 15 is 0 Å². The molecule has 0 N–H and O–H groups in total. The van der Waals surface area contributed by atoms with Gasteiger partial charge >= 0.3 is 0 Å². The van der Waals surface area contributed by atoms with Crippen LogP contribution in [-0.2, 0) is 9.47 Å². The van der Waals surface area contributed by atoms with E-state index in [2.05, 4.69) is 14.1 Å². The molecule has 0 aromatic rings. The first-order chi connectivity index (χ1) is 4.34. The third kappa shape index (κ3) is 1.87. The van der Waals surface area contributed by atoms with Crippen molar-refractivity contribution in [3.8, 4) is 0 Å². The minimum absolute atomic E-state index is 0.128. The van der Waals surface area contributed by atoms with E-state index in [9.17, 15) is 0 Å². The highest BCUT2D eigenvalue weighted by molar-refractivity contribution is 7.13. The van der Waals surface area contributed by atoms with Gasteiger partial charge in [0.05, 0.1) is 13.2 Å². The van der Waals surface area contributed by atoms with E-state index < -0.39 is 0 Å². The van der Waals surface area contributed by atoms with E-state index in [1.54, 1.807) is 7.11 Å². The molecule has 1 rings (SSSR count). The smallest absolute Gasteiger partial charge is 0.136 e. The quantitative estimate of drug-likeness (QED) is 0.493. The molecule has 1 saturated heterocycles. The average molecular weight is 149 g/mol. The molecule has 2 atom stereocenters. The summed E-state index contributed by atoms with van der Waals surface area (Å²) in [5.74, 6) is 0. The molecule has 54 valence electrons. The summed E-state index contributed by atoms with van der Waals surface area (Å²) < 4.78 is 12.3. The van der Waals surface area contributed by atoms with Crippen LogP contribution in [0.15, 0.2) is 0 Å². The molecule has 9 heavy (non-hydrogen) atoms. The number of rotatable bonds is 1. The Labute approximate surface area is 57.6 Å². The SMILES string of the molecule is COC1COCCN1P. The number of morpholine rings is 1. The van der Waals surface area contributed by atoms with Crippen molar-refractivity contribution in [2.75, 3.05) is 26.9 Å². The largest absolute Gasteiger partial charge is 0.376 e. The van der Waals surface area contributed by atoms with Crippen LogP contribution in [-0.4, -0.2) is 37.8 Å². The van der Waals surface area contributed by atoms with Gasteiger partial charge in [-0.05, 0) is 0 Å². The Balaban J connectivity index is 2.30. The second-order valence-electron chi connectivity index (χ2n) is 2.00. The van der Waals surface area contributed by atoms with E-state index in [0.29, 0.717) is 6.61 Å². The lowest BCUT2D eigenvalue weighted by Crippen LogP contribution is -2.40. The maximum absolute atomic E-state index is 5.16. The Morgan fingerprint density at radius 3 is 3.00 bits per heavy atom.